The van der Waals surface area contributed by atoms with Gasteiger partial charge in [0, 0.05) is 35.6 Å². The van der Waals surface area contributed by atoms with Crippen LogP contribution in [0.2, 0.25) is 0 Å². The fourth-order valence-electron chi connectivity index (χ4n) is 4.01. The summed E-state index contributed by atoms with van der Waals surface area (Å²) in [6.45, 7) is 1.93. The molecule has 0 fully saturated rings. The quantitative estimate of drug-likeness (QED) is 0.268. The van der Waals surface area contributed by atoms with Crippen LogP contribution in [0.3, 0.4) is 0 Å². The van der Waals surface area contributed by atoms with E-state index < -0.39 is 22.0 Å². The van der Waals surface area contributed by atoms with E-state index in [4.69, 9.17) is 14.2 Å². The van der Waals surface area contributed by atoms with Gasteiger partial charge in [-0.15, -0.1) is 0 Å². The van der Waals surface area contributed by atoms with Gasteiger partial charge >= 0.3 is 0 Å². The molecule has 200 valence electrons. The molecule has 1 aromatic carbocycles. The first-order valence-electron chi connectivity index (χ1n) is 11.9. The Labute approximate surface area is 225 Å². The van der Waals surface area contributed by atoms with Gasteiger partial charge in [-0.3, -0.25) is 14.8 Å². The molecular weight excluding hydrogens is 523 g/mol. The van der Waals surface area contributed by atoms with Crippen molar-refractivity contribution in [3.8, 4) is 23.1 Å². The molecule has 39 heavy (non-hydrogen) atoms. The van der Waals surface area contributed by atoms with E-state index in [9.17, 15) is 9.35 Å². The highest BCUT2D eigenvalue weighted by molar-refractivity contribution is 8.34. The predicted molar refractivity (Wildman–Crippen MR) is 146 cm³/mol. The van der Waals surface area contributed by atoms with Crippen LogP contribution in [0.15, 0.2) is 88.0 Å². The lowest BCUT2D eigenvalue weighted by atomic mass is 10.2. The summed E-state index contributed by atoms with van der Waals surface area (Å²) in [5.41, 5.74) is 2.00. The highest BCUT2D eigenvalue weighted by Crippen LogP contribution is 2.63. The summed E-state index contributed by atoms with van der Waals surface area (Å²) in [5.74, 6) is -0.301. The topological polar surface area (TPSA) is 116 Å². The zero-order valence-electron chi connectivity index (χ0n) is 21.3. The van der Waals surface area contributed by atoms with Gasteiger partial charge in [0.05, 0.1) is 30.3 Å². The third kappa shape index (κ3) is 5.01. The van der Waals surface area contributed by atoms with Crippen LogP contribution in [0.4, 0.5) is 4.39 Å². The average Bonchev–Trinajstić information content (AvgIpc) is 3.29. The van der Waals surface area contributed by atoms with Crippen molar-refractivity contribution in [3.05, 3.63) is 94.5 Å². The summed E-state index contributed by atoms with van der Waals surface area (Å²) in [7, 11) is 0.100. The Morgan fingerprint density at radius 3 is 2.62 bits per heavy atom. The van der Waals surface area contributed by atoms with Gasteiger partial charge < -0.3 is 24.1 Å². The Bertz CT molecular complexity index is 1630. The van der Waals surface area contributed by atoms with Crippen molar-refractivity contribution in [1.82, 2.24) is 20.3 Å². The van der Waals surface area contributed by atoms with E-state index in [-0.39, 0.29) is 17.4 Å². The highest BCUT2D eigenvalue weighted by atomic mass is 32.3. The second-order valence-electron chi connectivity index (χ2n) is 8.45. The van der Waals surface area contributed by atoms with Crippen molar-refractivity contribution in [2.75, 3.05) is 14.2 Å². The molecule has 1 aliphatic rings. The maximum atomic E-state index is 15.4. The Kier molecular flexibility index (Phi) is 7.18. The lowest BCUT2D eigenvalue weighted by molar-refractivity contribution is 0.0968. The van der Waals surface area contributed by atoms with E-state index in [1.165, 1.54) is 38.7 Å². The Morgan fingerprint density at radius 1 is 1.08 bits per heavy atom. The summed E-state index contributed by atoms with van der Waals surface area (Å²) in [5, 5.41) is 4.77. The molecule has 0 saturated heterocycles. The standard InChI is InChI=1S/C28H25FN4O5S/c1-4-17-12-25(32-27(34)18-6-5-10-30-15-18)39(35,16-17)19-7-8-22(20(29)13-19)38-23-9-11-31-21-14-24(36-2)28(37-3)33-26(21)23/h5-16,35H,4H2,1-3H3,(H,32,34). The lowest BCUT2D eigenvalue weighted by Crippen LogP contribution is -2.24. The molecule has 5 rings (SSSR count). The van der Waals surface area contributed by atoms with E-state index in [2.05, 4.69) is 20.3 Å². The Hall–Kier alpha value is -4.48. The van der Waals surface area contributed by atoms with Crippen LogP contribution in [-0.4, -0.2) is 39.6 Å². The van der Waals surface area contributed by atoms with Crippen LogP contribution in [0.1, 0.15) is 23.7 Å². The molecule has 1 unspecified atom stereocenters. The molecule has 11 heteroatoms. The minimum atomic E-state index is -2.85. The van der Waals surface area contributed by atoms with Crippen LogP contribution in [0.25, 0.3) is 11.0 Å². The normalized spacial score (nSPS) is 18.1. The molecule has 1 aliphatic heterocycles. The highest BCUT2D eigenvalue weighted by Gasteiger charge is 2.33. The number of hydrogen-bond donors (Lipinski definition) is 2. The molecule has 1 atom stereocenters. The SMILES string of the molecule is CCC1=CS(O)(c2ccc(Oc3ccnc4cc(OC)c(OC)nc34)c(F)c2)C(NC(=O)c2cccnc2)=C1. The van der Waals surface area contributed by atoms with Crippen molar-refractivity contribution < 1.29 is 27.9 Å². The number of aromatic nitrogens is 3. The van der Waals surface area contributed by atoms with E-state index in [0.29, 0.717) is 38.7 Å². The maximum Gasteiger partial charge on any atom is 0.257 e. The lowest BCUT2D eigenvalue weighted by Gasteiger charge is -2.31. The van der Waals surface area contributed by atoms with Gasteiger partial charge in [0.25, 0.3) is 11.8 Å². The molecule has 4 aromatic rings. The smallest absolute Gasteiger partial charge is 0.257 e. The second kappa shape index (κ2) is 10.7. The van der Waals surface area contributed by atoms with Crippen molar-refractivity contribution in [2.24, 2.45) is 0 Å². The number of nitrogens with zero attached hydrogens (tertiary/aromatic N) is 3. The van der Waals surface area contributed by atoms with Gasteiger partial charge in [0.1, 0.15) is 5.52 Å². The molecule has 4 heterocycles. The molecule has 0 spiro atoms. The van der Waals surface area contributed by atoms with Crippen molar-refractivity contribution >= 4 is 27.2 Å². The van der Waals surface area contributed by atoms with Crippen molar-refractivity contribution in [3.63, 3.8) is 0 Å². The molecule has 3 aromatic heterocycles. The number of fused-ring (bicyclic) bond motifs is 1. The molecule has 0 saturated carbocycles. The third-order valence-corrected chi connectivity index (χ3v) is 8.55. The van der Waals surface area contributed by atoms with Crippen molar-refractivity contribution in [1.29, 1.82) is 0 Å². The first kappa shape index (κ1) is 26.1. The summed E-state index contributed by atoms with van der Waals surface area (Å²) in [6, 6.07) is 10.7. The predicted octanol–water partition coefficient (Wildman–Crippen LogP) is 6.19. The third-order valence-electron chi connectivity index (χ3n) is 6.05. The summed E-state index contributed by atoms with van der Waals surface area (Å²) >= 11 is 0. The first-order chi connectivity index (χ1) is 18.9. The molecule has 1 amide bonds. The second-order valence-corrected chi connectivity index (χ2v) is 10.8. The van der Waals surface area contributed by atoms with E-state index in [1.807, 2.05) is 6.92 Å². The molecule has 2 N–H and O–H groups in total. The number of halogens is 1. The molecule has 0 aliphatic carbocycles. The van der Waals surface area contributed by atoms with Gasteiger partial charge in [0.2, 0.25) is 0 Å². The van der Waals surface area contributed by atoms with Crippen LogP contribution in [0, 0.1) is 5.82 Å². The number of ether oxygens (including phenoxy) is 3. The fourth-order valence-corrected chi connectivity index (χ4v) is 6.34. The van der Waals surface area contributed by atoms with E-state index in [0.717, 1.165) is 5.57 Å². The zero-order chi connectivity index (χ0) is 27.6. The monoisotopic (exact) mass is 548 g/mol. The van der Waals surface area contributed by atoms with Gasteiger partial charge in [-0.2, -0.15) is 0 Å². The van der Waals surface area contributed by atoms with Crippen LogP contribution in [-0.2, 0) is 0 Å². The number of allylic oxidation sites excluding steroid dienone is 2. The zero-order valence-corrected chi connectivity index (χ0v) is 22.2. The number of rotatable bonds is 8. The van der Waals surface area contributed by atoms with Crippen LogP contribution < -0.4 is 19.5 Å². The number of pyridine rings is 3. The Balaban J connectivity index is 1.46. The minimum Gasteiger partial charge on any atom is -0.491 e. The molecule has 9 nitrogen and oxygen atoms in total. The average molecular weight is 549 g/mol. The molecule has 0 bridgehead atoms. The number of carbonyl (C=O) groups is 1. The largest absolute Gasteiger partial charge is 0.491 e. The summed E-state index contributed by atoms with van der Waals surface area (Å²) < 4.78 is 43.6. The van der Waals surface area contributed by atoms with E-state index >= 15 is 4.39 Å². The molecule has 0 radical (unpaired) electrons. The van der Waals surface area contributed by atoms with Crippen molar-refractivity contribution in [2.45, 2.75) is 18.2 Å². The number of carbonyl (C=O) groups excluding carboxylic acids is 1. The number of hydrogen-bond acceptors (Lipinski definition) is 8. The summed E-state index contributed by atoms with van der Waals surface area (Å²) in [4.78, 5) is 25.8. The maximum absolute atomic E-state index is 15.4. The van der Waals surface area contributed by atoms with Crippen LogP contribution >= 0.6 is 10.3 Å². The molecular formula is C28H25FN4O5S. The number of nitrogens with one attached hydrogen (secondary N) is 1. The van der Waals surface area contributed by atoms with Gasteiger partial charge in [0.15, 0.2) is 23.1 Å². The summed E-state index contributed by atoms with van der Waals surface area (Å²) in [6.07, 6.45) is 6.86. The van der Waals surface area contributed by atoms with Crippen LogP contribution in [0.5, 0.6) is 23.1 Å². The number of methoxy groups -OCH3 is 2. The minimum absolute atomic E-state index is 0.0755. The van der Waals surface area contributed by atoms with Gasteiger partial charge in [-0.25, -0.2) is 9.37 Å². The fraction of sp³-hybridized carbons (Fsp3) is 0.143. The number of amides is 1. The Morgan fingerprint density at radius 2 is 1.92 bits per heavy atom. The number of benzene rings is 1. The van der Waals surface area contributed by atoms with Gasteiger partial charge in [-0.1, -0.05) is 6.92 Å². The first-order valence-corrected chi connectivity index (χ1v) is 13.6. The van der Waals surface area contributed by atoms with Gasteiger partial charge in [-0.05, 0) is 64.1 Å². The van der Waals surface area contributed by atoms with E-state index in [1.54, 1.807) is 48.0 Å².